The van der Waals surface area contributed by atoms with Gasteiger partial charge < -0.3 is 16.0 Å². The number of hydrogen-bond acceptors (Lipinski definition) is 7. The molecule has 36 heavy (non-hydrogen) atoms. The first kappa shape index (κ1) is 27.7. The normalized spacial score (nSPS) is 13.6. The Morgan fingerprint density at radius 1 is 1.25 bits per heavy atom. The maximum Gasteiger partial charge on any atom is 0.270 e. The molecular formula is C25H32ClN7O2S. The van der Waals surface area contributed by atoms with Crippen LogP contribution in [-0.2, 0) is 11.3 Å². The summed E-state index contributed by atoms with van der Waals surface area (Å²) >= 11 is 8.21. The van der Waals surface area contributed by atoms with Gasteiger partial charge in [0.25, 0.3) is 5.91 Å². The van der Waals surface area contributed by atoms with Crippen LogP contribution in [0, 0.1) is 6.92 Å². The van der Waals surface area contributed by atoms with E-state index in [1.807, 2.05) is 57.3 Å². The van der Waals surface area contributed by atoms with Crippen LogP contribution < -0.4 is 16.0 Å². The summed E-state index contributed by atoms with van der Waals surface area (Å²) < 4.78 is 4.08. The van der Waals surface area contributed by atoms with E-state index in [9.17, 15) is 9.59 Å². The van der Waals surface area contributed by atoms with Crippen molar-refractivity contribution in [2.24, 2.45) is 0 Å². The van der Waals surface area contributed by atoms with E-state index in [0.717, 1.165) is 48.0 Å². The third-order valence-electron chi connectivity index (χ3n) is 5.09. The molecule has 0 atom stereocenters. The van der Waals surface area contributed by atoms with Gasteiger partial charge in [-0.15, -0.1) is 0 Å². The van der Waals surface area contributed by atoms with Gasteiger partial charge in [-0.1, -0.05) is 17.7 Å². The summed E-state index contributed by atoms with van der Waals surface area (Å²) in [4.78, 5) is 27.0. The summed E-state index contributed by atoms with van der Waals surface area (Å²) in [5, 5.41) is 13.9. The van der Waals surface area contributed by atoms with Crippen molar-refractivity contribution in [2.45, 2.75) is 38.3 Å². The number of rotatable bonds is 8. The molecule has 4 rings (SSSR count). The molecule has 2 aromatic heterocycles. The Bertz CT molecular complexity index is 1150. The Kier molecular flexibility index (Phi) is 10.7. The highest BCUT2D eigenvalue weighted by atomic mass is 35.5. The van der Waals surface area contributed by atoms with E-state index < -0.39 is 0 Å². The SMILES string of the molecule is CC(C)NC=O.Cc1cccc(C(=O)NCc2cnn(-c3ccc(SN4CCNCC4)c(Cl)c3)c2)n1. The predicted octanol–water partition coefficient (Wildman–Crippen LogP) is 3.21. The van der Waals surface area contributed by atoms with Gasteiger partial charge in [-0.25, -0.2) is 14.0 Å². The zero-order valence-electron chi connectivity index (χ0n) is 20.7. The molecule has 1 aliphatic rings. The molecule has 1 aliphatic heterocycles. The minimum atomic E-state index is -0.205. The van der Waals surface area contributed by atoms with Crippen molar-refractivity contribution in [1.29, 1.82) is 0 Å². The number of amides is 2. The van der Waals surface area contributed by atoms with E-state index in [2.05, 4.69) is 30.3 Å². The van der Waals surface area contributed by atoms with Gasteiger partial charge in [0, 0.05) is 61.1 Å². The van der Waals surface area contributed by atoms with E-state index >= 15 is 0 Å². The Labute approximate surface area is 221 Å². The second kappa shape index (κ2) is 14.0. The first-order chi connectivity index (χ1) is 17.4. The van der Waals surface area contributed by atoms with Crippen molar-refractivity contribution in [3.8, 4) is 5.69 Å². The predicted molar refractivity (Wildman–Crippen MR) is 143 cm³/mol. The number of pyridine rings is 1. The molecule has 192 valence electrons. The number of hydrogen-bond donors (Lipinski definition) is 3. The highest BCUT2D eigenvalue weighted by Crippen LogP contribution is 2.31. The number of carbonyl (C=O) groups is 2. The number of aryl methyl sites for hydroxylation is 1. The van der Waals surface area contributed by atoms with Crippen LogP contribution in [0.1, 0.15) is 35.6 Å². The van der Waals surface area contributed by atoms with Gasteiger partial charge >= 0.3 is 0 Å². The summed E-state index contributed by atoms with van der Waals surface area (Å²) in [6.45, 7) is 10.0. The second-order valence-electron chi connectivity index (χ2n) is 8.46. The first-order valence-electron chi connectivity index (χ1n) is 11.7. The van der Waals surface area contributed by atoms with Gasteiger partial charge in [-0.05, 0) is 63.1 Å². The van der Waals surface area contributed by atoms with Crippen molar-refractivity contribution in [3.05, 3.63) is 70.8 Å². The lowest BCUT2D eigenvalue weighted by molar-refractivity contribution is -0.109. The molecule has 1 fully saturated rings. The lowest BCUT2D eigenvalue weighted by Crippen LogP contribution is -2.39. The molecule has 0 bridgehead atoms. The molecule has 0 saturated carbocycles. The molecule has 0 spiro atoms. The molecule has 1 aromatic carbocycles. The lowest BCUT2D eigenvalue weighted by Gasteiger charge is -2.26. The first-order valence-corrected chi connectivity index (χ1v) is 12.9. The number of benzene rings is 1. The fourth-order valence-corrected chi connectivity index (χ4v) is 4.45. The van der Waals surface area contributed by atoms with Crippen molar-refractivity contribution in [2.75, 3.05) is 26.2 Å². The summed E-state index contributed by atoms with van der Waals surface area (Å²) in [6.07, 6.45) is 4.32. The van der Waals surface area contributed by atoms with Crippen molar-refractivity contribution >= 4 is 35.9 Å². The molecule has 1 saturated heterocycles. The Morgan fingerprint density at radius 2 is 2.03 bits per heavy atom. The number of nitrogens with zero attached hydrogens (tertiary/aromatic N) is 4. The molecule has 0 radical (unpaired) electrons. The molecule has 2 amide bonds. The molecule has 3 aromatic rings. The van der Waals surface area contributed by atoms with E-state index in [0.29, 0.717) is 23.7 Å². The van der Waals surface area contributed by atoms with Crippen LogP contribution in [0.25, 0.3) is 5.69 Å². The molecular weight excluding hydrogens is 498 g/mol. The third-order valence-corrected chi connectivity index (χ3v) is 6.70. The standard InChI is InChI=1S/C21H23ClN6OS.C4H9NO/c1-15-3-2-4-19(26-15)21(29)24-12-16-13-25-28(14-16)17-5-6-20(18(22)11-17)30-27-9-7-23-8-10-27;1-4(2)5-3-6/h2-6,11,13-14,23H,7-10,12H2,1H3,(H,24,29);3-4H,1-2H3,(H,5,6). The lowest BCUT2D eigenvalue weighted by atomic mass is 10.3. The molecule has 3 heterocycles. The highest BCUT2D eigenvalue weighted by Gasteiger charge is 2.14. The number of nitrogens with one attached hydrogen (secondary N) is 3. The minimum Gasteiger partial charge on any atom is -0.357 e. The van der Waals surface area contributed by atoms with E-state index in [1.54, 1.807) is 28.9 Å². The molecule has 9 nitrogen and oxygen atoms in total. The minimum absolute atomic E-state index is 0.205. The Balaban J connectivity index is 0.000000538. The van der Waals surface area contributed by atoms with E-state index in [1.165, 1.54) is 0 Å². The second-order valence-corrected chi connectivity index (χ2v) is 10.0. The third kappa shape index (κ3) is 8.63. The monoisotopic (exact) mass is 529 g/mol. The van der Waals surface area contributed by atoms with Gasteiger partial charge in [0.2, 0.25) is 6.41 Å². The Morgan fingerprint density at radius 3 is 2.67 bits per heavy atom. The van der Waals surface area contributed by atoms with Gasteiger partial charge in [-0.2, -0.15) is 5.10 Å². The van der Waals surface area contributed by atoms with E-state index in [4.69, 9.17) is 11.6 Å². The van der Waals surface area contributed by atoms with Crippen LogP contribution in [-0.4, -0.2) is 63.6 Å². The molecule has 0 unspecified atom stereocenters. The fraction of sp³-hybridized carbons (Fsp3) is 0.360. The topological polar surface area (TPSA) is 104 Å². The van der Waals surface area contributed by atoms with Crippen LogP contribution in [0.3, 0.4) is 0 Å². The summed E-state index contributed by atoms with van der Waals surface area (Å²) in [5.41, 5.74) is 2.99. The maximum absolute atomic E-state index is 12.3. The summed E-state index contributed by atoms with van der Waals surface area (Å²) in [5.74, 6) is -0.205. The van der Waals surface area contributed by atoms with Crippen LogP contribution in [0.2, 0.25) is 5.02 Å². The average molecular weight is 530 g/mol. The molecule has 11 heteroatoms. The quantitative estimate of drug-likeness (QED) is 0.304. The zero-order valence-corrected chi connectivity index (χ0v) is 22.3. The van der Waals surface area contributed by atoms with E-state index in [-0.39, 0.29) is 11.9 Å². The molecule has 3 N–H and O–H groups in total. The highest BCUT2D eigenvalue weighted by molar-refractivity contribution is 7.97. The number of halogens is 1. The van der Waals surface area contributed by atoms with Crippen LogP contribution in [0.4, 0.5) is 0 Å². The molecule has 0 aliphatic carbocycles. The smallest absolute Gasteiger partial charge is 0.270 e. The zero-order chi connectivity index (χ0) is 25.9. The fourth-order valence-electron chi connectivity index (χ4n) is 3.25. The summed E-state index contributed by atoms with van der Waals surface area (Å²) in [7, 11) is 0. The number of piperazine rings is 1. The number of carbonyl (C=O) groups excluding carboxylic acids is 2. The van der Waals surface area contributed by atoms with Crippen LogP contribution >= 0.6 is 23.5 Å². The largest absolute Gasteiger partial charge is 0.357 e. The van der Waals surface area contributed by atoms with Gasteiger partial charge in [0.1, 0.15) is 5.69 Å². The van der Waals surface area contributed by atoms with Gasteiger partial charge in [0.15, 0.2) is 0 Å². The van der Waals surface area contributed by atoms with Crippen molar-refractivity contribution in [3.63, 3.8) is 0 Å². The van der Waals surface area contributed by atoms with Crippen molar-refractivity contribution in [1.82, 2.24) is 35.0 Å². The van der Waals surface area contributed by atoms with Crippen LogP contribution in [0.15, 0.2) is 53.7 Å². The number of aromatic nitrogens is 3. The summed E-state index contributed by atoms with van der Waals surface area (Å²) in [6, 6.07) is 11.6. The van der Waals surface area contributed by atoms with Gasteiger partial charge in [-0.3, -0.25) is 9.59 Å². The maximum atomic E-state index is 12.3. The van der Waals surface area contributed by atoms with Gasteiger partial charge in [0.05, 0.1) is 16.9 Å². The van der Waals surface area contributed by atoms with Crippen LogP contribution in [0.5, 0.6) is 0 Å². The van der Waals surface area contributed by atoms with Crippen molar-refractivity contribution < 1.29 is 9.59 Å². The Hall–Kier alpha value is -2.92. The average Bonchev–Trinajstić information content (AvgIpc) is 3.34.